The molecule has 1 rings (SSSR count). The zero-order valence-corrected chi connectivity index (χ0v) is 9.06. The Morgan fingerprint density at radius 3 is 2.73 bits per heavy atom. The third-order valence-corrected chi connectivity index (χ3v) is 2.17. The number of hydrogen-bond acceptors (Lipinski definition) is 2. The summed E-state index contributed by atoms with van der Waals surface area (Å²) in [6.45, 7) is 5.87. The van der Waals surface area contributed by atoms with Gasteiger partial charge in [-0.1, -0.05) is 18.2 Å². The number of carbonyl (C=O) groups is 1. The number of rotatable bonds is 4. The van der Waals surface area contributed by atoms with Crippen molar-refractivity contribution in [3.05, 3.63) is 37.2 Å². The number of ether oxygens (including phenoxy) is 1. The van der Waals surface area contributed by atoms with E-state index < -0.39 is 0 Å². The van der Waals surface area contributed by atoms with Crippen LogP contribution >= 0.6 is 0 Å². The van der Waals surface area contributed by atoms with Gasteiger partial charge in [-0.25, -0.2) is 4.79 Å². The fraction of sp³-hybridized carbons (Fsp3) is 0.417. The lowest BCUT2D eigenvalue weighted by Gasteiger charge is -2.18. The van der Waals surface area contributed by atoms with E-state index in [4.69, 9.17) is 4.74 Å². The van der Waals surface area contributed by atoms with Gasteiger partial charge in [0.25, 0.3) is 0 Å². The molecule has 0 spiro atoms. The molecule has 0 bridgehead atoms. The minimum absolute atomic E-state index is 0.327. The molecule has 0 aromatic rings. The topological polar surface area (TPSA) is 29.5 Å². The molecule has 0 N–H and O–H groups in total. The molecule has 1 aliphatic heterocycles. The zero-order chi connectivity index (χ0) is 11.1. The van der Waals surface area contributed by atoms with E-state index in [1.165, 1.54) is 4.90 Å². The van der Waals surface area contributed by atoms with Gasteiger partial charge in [0, 0.05) is 12.4 Å². The van der Waals surface area contributed by atoms with Crippen LogP contribution in [-0.2, 0) is 4.74 Å². The molecular formula is C12H17NO2. The minimum Gasteiger partial charge on any atom is -0.449 e. The lowest BCUT2D eigenvalue weighted by molar-refractivity contribution is 0.133. The molecule has 0 radical (unpaired) electrons. The molecule has 3 nitrogen and oxygen atoms in total. The number of carbonyl (C=O) groups excluding carboxylic acids is 1. The lowest BCUT2D eigenvalue weighted by atomic mass is 10.0. The highest BCUT2D eigenvalue weighted by atomic mass is 16.5. The van der Waals surface area contributed by atoms with Gasteiger partial charge < -0.3 is 4.74 Å². The Labute approximate surface area is 90.7 Å². The standard InChI is InChI=1S/C12H17NO2/c1-3-5-6-11-7-9-13(10-8-11)12(14)15-4-2/h3,7-11H,1,4-6H2,2H3. The summed E-state index contributed by atoms with van der Waals surface area (Å²) in [5.74, 6) is 0.397. The molecule has 0 atom stereocenters. The lowest BCUT2D eigenvalue weighted by Crippen LogP contribution is -2.23. The molecule has 0 aromatic carbocycles. The van der Waals surface area contributed by atoms with E-state index in [9.17, 15) is 4.79 Å². The molecular weight excluding hydrogens is 190 g/mol. The average molecular weight is 207 g/mol. The van der Waals surface area contributed by atoms with Crippen molar-refractivity contribution < 1.29 is 9.53 Å². The van der Waals surface area contributed by atoms with E-state index in [1.54, 1.807) is 19.3 Å². The highest BCUT2D eigenvalue weighted by Crippen LogP contribution is 2.16. The van der Waals surface area contributed by atoms with Gasteiger partial charge in [0.2, 0.25) is 0 Å². The van der Waals surface area contributed by atoms with E-state index in [-0.39, 0.29) is 6.09 Å². The van der Waals surface area contributed by atoms with Crippen LogP contribution in [0.2, 0.25) is 0 Å². The van der Waals surface area contributed by atoms with Gasteiger partial charge >= 0.3 is 6.09 Å². The normalized spacial score (nSPS) is 15.4. The smallest absolute Gasteiger partial charge is 0.417 e. The van der Waals surface area contributed by atoms with Crippen molar-refractivity contribution in [1.29, 1.82) is 0 Å². The van der Waals surface area contributed by atoms with E-state index in [0.29, 0.717) is 12.5 Å². The molecule has 3 heteroatoms. The summed E-state index contributed by atoms with van der Waals surface area (Å²) in [4.78, 5) is 12.8. The van der Waals surface area contributed by atoms with Crippen molar-refractivity contribution in [2.24, 2.45) is 5.92 Å². The molecule has 0 fully saturated rings. The Kier molecular flexibility index (Phi) is 4.68. The molecule has 0 saturated heterocycles. The van der Waals surface area contributed by atoms with Crippen LogP contribution in [0.1, 0.15) is 19.8 Å². The summed E-state index contributed by atoms with van der Waals surface area (Å²) in [7, 11) is 0. The van der Waals surface area contributed by atoms with Gasteiger partial charge in [0.05, 0.1) is 6.61 Å². The Hall–Kier alpha value is -1.51. The van der Waals surface area contributed by atoms with Crippen LogP contribution in [0.4, 0.5) is 4.79 Å². The summed E-state index contributed by atoms with van der Waals surface area (Å²) >= 11 is 0. The van der Waals surface area contributed by atoms with Crippen molar-refractivity contribution >= 4 is 6.09 Å². The second-order valence-corrected chi connectivity index (χ2v) is 3.32. The fourth-order valence-electron chi connectivity index (χ4n) is 1.34. The molecule has 15 heavy (non-hydrogen) atoms. The van der Waals surface area contributed by atoms with E-state index in [1.807, 2.05) is 18.2 Å². The predicted octanol–water partition coefficient (Wildman–Crippen LogP) is 3.07. The maximum Gasteiger partial charge on any atom is 0.417 e. The third-order valence-electron chi connectivity index (χ3n) is 2.17. The van der Waals surface area contributed by atoms with Gasteiger partial charge in [-0.15, -0.1) is 6.58 Å². The van der Waals surface area contributed by atoms with Crippen LogP contribution in [-0.4, -0.2) is 17.6 Å². The maximum absolute atomic E-state index is 11.3. The highest BCUT2D eigenvalue weighted by molar-refractivity contribution is 5.70. The van der Waals surface area contributed by atoms with Crippen molar-refractivity contribution in [3.63, 3.8) is 0 Å². The van der Waals surface area contributed by atoms with Gasteiger partial charge in [0.15, 0.2) is 0 Å². The van der Waals surface area contributed by atoms with Crippen molar-refractivity contribution in [3.8, 4) is 0 Å². The van der Waals surface area contributed by atoms with E-state index >= 15 is 0 Å². The highest BCUT2D eigenvalue weighted by Gasteiger charge is 2.12. The van der Waals surface area contributed by atoms with Crippen molar-refractivity contribution in [2.75, 3.05) is 6.61 Å². The van der Waals surface area contributed by atoms with Crippen molar-refractivity contribution in [2.45, 2.75) is 19.8 Å². The summed E-state index contributed by atoms with van der Waals surface area (Å²) in [6.07, 6.45) is 11.1. The maximum atomic E-state index is 11.3. The first-order valence-corrected chi connectivity index (χ1v) is 5.20. The van der Waals surface area contributed by atoms with Crippen LogP contribution in [0.25, 0.3) is 0 Å². The first kappa shape index (κ1) is 11.6. The van der Waals surface area contributed by atoms with Crippen LogP contribution < -0.4 is 0 Å². The summed E-state index contributed by atoms with van der Waals surface area (Å²) in [5, 5.41) is 0. The first-order valence-electron chi connectivity index (χ1n) is 5.20. The Morgan fingerprint density at radius 2 is 2.20 bits per heavy atom. The molecule has 0 aromatic heterocycles. The number of amides is 1. The van der Waals surface area contributed by atoms with E-state index in [0.717, 1.165) is 12.8 Å². The van der Waals surface area contributed by atoms with Gasteiger partial charge in [-0.3, -0.25) is 4.90 Å². The molecule has 1 aliphatic rings. The average Bonchev–Trinajstić information content (AvgIpc) is 2.27. The summed E-state index contributed by atoms with van der Waals surface area (Å²) in [6, 6.07) is 0. The Morgan fingerprint density at radius 1 is 1.53 bits per heavy atom. The Bertz CT molecular complexity index is 267. The third kappa shape index (κ3) is 3.62. The second-order valence-electron chi connectivity index (χ2n) is 3.32. The molecule has 82 valence electrons. The quantitative estimate of drug-likeness (QED) is 0.663. The molecule has 0 unspecified atom stereocenters. The monoisotopic (exact) mass is 207 g/mol. The van der Waals surface area contributed by atoms with E-state index in [2.05, 4.69) is 6.58 Å². The second kappa shape index (κ2) is 6.06. The Balaban J connectivity index is 2.41. The summed E-state index contributed by atoms with van der Waals surface area (Å²) < 4.78 is 4.87. The molecule has 1 amide bonds. The van der Waals surface area contributed by atoms with Crippen LogP contribution in [0.15, 0.2) is 37.2 Å². The minimum atomic E-state index is -0.327. The van der Waals surface area contributed by atoms with Crippen LogP contribution in [0, 0.1) is 5.92 Å². The van der Waals surface area contributed by atoms with Gasteiger partial charge in [0.1, 0.15) is 0 Å². The fourth-order valence-corrected chi connectivity index (χ4v) is 1.34. The first-order chi connectivity index (χ1) is 7.27. The van der Waals surface area contributed by atoms with Crippen LogP contribution in [0.5, 0.6) is 0 Å². The largest absolute Gasteiger partial charge is 0.449 e. The molecule has 1 heterocycles. The zero-order valence-electron chi connectivity index (χ0n) is 9.06. The SMILES string of the molecule is C=CCCC1C=CN(C(=O)OCC)C=C1. The number of allylic oxidation sites excluding steroid dienone is 3. The van der Waals surface area contributed by atoms with Crippen molar-refractivity contribution in [1.82, 2.24) is 4.90 Å². The van der Waals surface area contributed by atoms with Gasteiger partial charge in [-0.2, -0.15) is 0 Å². The molecule has 0 saturated carbocycles. The summed E-state index contributed by atoms with van der Waals surface area (Å²) in [5.41, 5.74) is 0. The number of hydrogen-bond donors (Lipinski definition) is 0. The van der Waals surface area contributed by atoms with Gasteiger partial charge in [-0.05, 0) is 25.7 Å². The molecule has 0 aliphatic carbocycles. The number of nitrogens with zero attached hydrogens (tertiary/aromatic N) is 1. The predicted molar refractivity (Wildman–Crippen MR) is 60.1 cm³/mol. The van der Waals surface area contributed by atoms with Crippen LogP contribution in [0.3, 0.4) is 0 Å².